The predicted octanol–water partition coefficient (Wildman–Crippen LogP) is 2.67. The number of carbonyl (C=O) groups is 1. The van der Waals surface area contributed by atoms with Crippen molar-refractivity contribution in [3.05, 3.63) is 52.8 Å². The Morgan fingerprint density at radius 1 is 1.38 bits per heavy atom. The van der Waals surface area contributed by atoms with Crippen LogP contribution in [0.15, 0.2) is 41.1 Å². The van der Waals surface area contributed by atoms with Crippen LogP contribution in [-0.4, -0.2) is 28.0 Å². The second kappa shape index (κ2) is 6.76. The van der Waals surface area contributed by atoms with Gasteiger partial charge in [-0.25, -0.2) is 0 Å². The molecule has 0 saturated heterocycles. The molecule has 1 amide bonds. The van der Waals surface area contributed by atoms with Crippen molar-refractivity contribution in [1.82, 2.24) is 20.3 Å². The molecular formula is C16H15ClN4O3. The van der Waals surface area contributed by atoms with Crippen LogP contribution < -0.4 is 10.1 Å². The van der Waals surface area contributed by atoms with Gasteiger partial charge in [-0.05, 0) is 24.3 Å². The van der Waals surface area contributed by atoms with Gasteiger partial charge in [-0.15, -0.1) is 5.10 Å². The van der Waals surface area contributed by atoms with Gasteiger partial charge < -0.3 is 14.6 Å². The minimum Gasteiger partial charge on any atom is -0.479 e. The van der Waals surface area contributed by atoms with E-state index < -0.39 is 0 Å². The maximum atomic E-state index is 12.2. The summed E-state index contributed by atoms with van der Waals surface area (Å²) in [5.74, 6) is 0.586. The van der Waals surface area contributed by atoms with Gasteiger partial charge in [0.1, 0.15) is 11.3 Å². The number of ether oxygens (including phenoxy) is 1. The lowest BCUT2D eigenvalue weighted by molar-refractivity contribution is 0.0947. The van der Waals surface area contributed by atoms with Crippen molar-refractivity contribution in [3.8, 4) is 17.2 Å². The lowest BCUT2D eigenvalue weighted by atomic mass is 10.1. The van der Waals surface area contributed by atoms with Gasteiger partial charge in [-0.3, -0.25) is 9.48 Å². The quantitative estimate of drug-likeness (QED) is 0.768. The SMILES string of the molecule is COc1nn(C)cc1C(=O)NCc1cc(-c2ccc(Cl)cc2)on1. The van der Waals surface area contributed by atoms with Gasteiger partial charge in [0, 0.05) is 29.9 Å². The van der Waals surface area contributed by atoms with Crippen LogP contribution in [0.4, 0.5) is 0 Å². The Bertz CT molecular complexity index is 855. The number of halogens is 1. The van der Waals surface area contributed by atoms with Crippen LogP contribution in [-0.2, 0) is 13.6 Å². The molecule has 1 N–H and O–H groups in total. The molecule has 1 aromatic carbocycles. The molecule has 0 radical (unpaired) electrons. The summed E-state index contributed by atoms with van der Waals surface area (Å²) in [5, 5.41) is 11.4. The smallest absolute Gasteiger partial charge is 0.258 e. The monoisotopic (exact) mass is 346 g/mol. The minimum atomic E-state index is -0.295. The number of aromatic nitrogens is 3. The van der Waals surface area contributed by atoms with Gasteiger partial charge in [0.15, 0.2) is 5.76 Å². The first-order chi connectivity index (χ1) is 11.6. The Balaban J connectivity index is 1.67. The molecule has 24 heavy (non-hydrogen) atoms. The summed E-state index contributed by atoms with van der Waals surface area (Å²) in [4.78, 5) is 12.2. The van der Waals surface area contributed by atoms with Crippen LogP contribution in [0.2, 0.25) is 5.02 Å². The van der Waals surface area contributed by atoms with Crippen molar-refractivity contribution in [2.75, 3.05) is 7.11 Å². The molecule has 3 aromatic rings. The number of methoxy groups -OCH3 is 1. The summed E-state index contributed by atoms with van der Waals surface area (Å²) in [7, 11) is 3.18. The van der Waals surface area contributed by atoms with Crippen LogP contribution in [0.1, 0.15) is 16.1 Å². The summed E-state index contributed by atoms with van der Waals surface area (Å²) in [5.41, 5.74) is 1.83. The maximum absolute atomic E-state index is 12.2. The van der Waals surface area contributed by atoms with Gasteiger partial charge in [0.2, 0.25) is 5.88 Å². The molecule has 124 valence electrons. The van der Waals surface area contributed by atoms with Gasteiger partial charge >= 0.3 is 0 Å². The highest BCUT2D eigenvalue weighted by atomic mass is 35.5. The van der Waals surface area contributed by atoms with E-state index in [1.807, 2.05) is 12.1 Å². The van der Waals surface area contributed by atoms with E-state index in [0.29, 0.717) is 22.0 Å². The molecule has 0 aliphatic rings. The van der Waals surface area contributed by atoms with Crippen LogP contribution in [0.5, 0.6) is 5.88 Å². The third kappa shape index (κ3) is 3.41. The van der Waals surface area contributed by atoms with Crippen molar-refractivity contribution in [2.24, 2.45) is 7.05 Å². The zero-order chi connectivity index (χ0) is 17.1. The largest absolute Gasteiger partial charge is 0.479 e. The molecule has 2 heterocycles. The summed E-state index contributed by atoms with van der Waals surface area (Å²) in [6, 6.07) is 8.99. The fraction of sp³-hybridized carbons (Fsp3) is 0.188. The Labute approximate surface area is 143 Å². The first-order valence-corrected chi connectivity index (χ1v) is 7.52. The number of nitrogens with one attached hydrogen (secondary N) is 1. The second-order valence-corrected chi connectivity index (χ2v) is 5.53. The van der Waals surface area contributed by atoms with Crippen molar-refractivity contribution in [2.45, 2.75) is 6.54 Å². The average Bonchev–Trinajstić information content (AvgIpc) is 3.19. The highest BCUT2D eigenvalue weighted by molar-refractivity contribution is 6.30. The summed E-state index contributed by atoms with van der Waals surface area (Å²) in [6.07, 6.45) is 1.59. The van der Waals surface area contributed by atoms with Crippen molar-refractivity contribution in [3.63, 3.8) is 0 Å². The van der Waals surface area contributed by atoms with E-state index in [1.54, 1.807) is 31.4 Å². The molecule has 0 aliphatic heterocycles. The lowest BCUT2D eigenvalue weighted by Gasteiger charge is -2.01. The molecule has 2 aromatic heterocycles. The third-order valence-electron chi connectivity index (χ3n) is 3.35. The van der Waals surface area contributed by atoms with E-state index in [4.69, 9.17) is 20.9 Å². The zero-order valence-electron chi connectivity index (χ0n) is 13.1. The second-order valence-electron chi connectivity index (χ2n) is 5.10. The highest BCUT2D eigenvalue weighted by Gasteiger charge is 2.16. The van der Waals surface area contributed by atoms with E-state index in [1.165, 1.54) is 11.8 Å². The van der Waals surface area contributed by atoms with E-state index in [-0.39, 0.29) is 18.3 Å². The highest BCUT2D eigenvalue weighted by Crippen LogP contribution is 2.22. The average molecular weight is 347 g/mol. The molecule has 0 saturated carbocycles. The first kappa shape index (κ1) is 16.1. The third-order valence-corrected chi connectivity index (χ3v) is 3.60. The number of aryl methyl sites for hydroxylation is 1. The fourth-order valence-electron chi connectivity index (χ4n) is 2.19. The molecule has 0 aliphatic carbocycles. The number of carbonyl (C=O) groups excluding carboxylic acids is 1. The lowest BCUT2D eigenvalue weighted by Crippen LogP contribution is -2.23. The van der Waals surface area contributed by atoms with Crippen LogP contribution in [0.3, 0.4) is 0 Å². The molecule has 0 unspecified atom stereocenters. The molecule has 0 bridgehead atoms. The number of benzene rings is 1. The Morgan fingerprint density at radius 2 is 2.12 bits per heavy atom. The van der Waals surface area contributed by atoms with Gasteiger partial charge in [-0.2, -0.15) is 0 Å². The van der Waals surface area contributed by atoms with E-state index in [0.717, 1.165) is 5.56 Å². The molecule has 0 atom stereocenters. The van der Waals surface area contributed by atoms with Crippen molar-refractivity contribution in [1.29, 1.82) is 0 Å². The first-order valence-electron chi connectivity index (χ1n) is 7.14. The number of hydrogen-bond donors (Lipinski definition) is 1. The number of amides is 1. The maximum Gasteiger partial charge on any atom is 0.258 e. The zero-order valence-corrected chi connectivity index (χ0v) is 13.9. The summed E-state index contributed by atoms with van der Waals surface area (Å²) < 4.78 is 11.9. The number of rotatable bonds is 5. The topological polar surface area (TPSA) is 82.2 Å². The molecule has 0 spiro atoms. The van der Waals surface area contributed by atoms with E-state index >= 15 is 0 Å². The molecular weight excluding hydrogens is 332 g/mol. The minimum absolute atomic E-state index is 0.230. The Hall–Kier alpha value is -2.80. The van der Waals surface area contributed by atoms with E-state index in [9.17, 15) is 4.79 Å². The normalized spacial score (nSPS) is 10.6. The summed E-state index contributed by atoms with van der Waals surface area (Å²) >= 11 is 5.86. The summed E-state index contributed by atoms with van der Waals surface area (Å²) in [6.45, 7) is 0.230. The van der Waals surface area contributed by atoms with E-state index in [2.05, 4.69) is 15.6 Å². The Kier molecular flexibility index (Phi) is 4.52. The van der Waals surface area contributed by atoms with Crippen LogP contribution in [0, 0.1) is 0 Å². The number of hydrogen-bond acceptors (Lipinski definition) is 5. The van der Waals surface area contributed by atoms with Gasteiger partial charge in [-0.1, -0.05) is 16.8 Å². The molecule has 3 rings (SSSR count). The molecule has 8 heteroatoms. The molecule has 7 nitrogen and oxygen atoms in total. The van der Waals surface area contributed by atoms with Crippen molar-refractivity contribution < 1.29 is 14.1 Å². The standard InChI is InChI=1S/C16H15ClN4O3/c1-21-9-13(16(19-21)23-2)15(22)18-8-12-7-14(24-20-12)10-3-5-11(17)6-4-10/h3-7,9H,8H2,1-2H3,(H,18,22). The van der Waals surface area contributed by atoms with Crippen molar-refractivity contribution >= 4 is 17.5 Å². The molecule has 0 fully saturated rings. The Morgan fingerprint density at radius 3 is 2.83 bits per heavy atom. The van der Waals surface area contributed by atoms with Crippen LogP contribution >= 0.6 is 11.6 Å². The van der Waals surface area contributed by atoms with Crippen LogP contribution in [0.25, 0.3) is 11.3 Å². The predicted molar refractivity (Wildman–Crippen MR) is 87.9 cm³/mol. The fourth-order valence-corrected chi connectivity index (χ4v) is 2.31. The number of nitrogens with zero attached hydrogens (tertiary/aromatic N) is 3. The van der Waals surface area contributed by atoms with Gasteiger partial charge in [0.05, 0.1) is 13.7 Å². The van der Waals surface area contributed by atoms with Gasteiger partial charge in [0.25, 0.3) is 5.91 Å².